The summed E-state index contributed by atoms with van der Waals surface area (Å²) in [7, 11) is 0. The second-order valence-corrected chi connectivity index (χ2v) is 2.13. The molecule has 0 atom stereocenters. The Kier molecular flexibility index (Phi) is 10.0. The number of Topliss-reactive ketones (excluding diaryl/α,β-unsaturated/α-hetero) is 2. The fourth-order valence-electron chi connectivity index (χ4n) is 0.352. The minimum absolute atomic E-state index is 0.0835. The Morgan fingerprint density at radius 2 is 1.36 bits per heavy atom. The number of ketones is 2. The molecule has 0 bridgehead atoms. The van der Waals surface area contributed by atoms with Gasteiger partial charge in [-0.15, -0.1) is 0 Å². The average molecular weight is 155 g/mol. The Bertz CT molecular complexity index is 153. The van der Waals surface area contributed by atoms with Gasteiger partial charge in [0.2, 0.25) is 0 Å². The van der Waals surface area contributed by atoms with Crippen molar-refractivity contribution in [2.24, 2.45) is 0 Å². The van der Waals surface area contributed by atoms with Crippen molar-refractivity contribution in [1.29, 1.82) is 5.26 Å². The molecule has 3 heteroatoms. The highest BCUT2D eigenvalue weighted by atomic mass is 16.1. The van der Waals surface area contributed by atoms with Crippen LogP contribution in [0.15, 0.2) is 0 Å². The Morgan fingerprint density at radius 3 is 1.45 bits per heavy atom. The van der Waals surface area contributed by atoms with E-state index < -0.39 is 0 Å². The topological polar surface area (TPSA) is 57.9 Å². The van der Waals surface area contributed by atoms with E-state index in [1.54, 1.807) is 6.07 Å². The highest BCUT2D eigenvalue weighted by Gasteiger charge is 1.95. The van der Waals surface area contributed by atoms with Crippen molar-refractivity contribution in [2.75, 3.05) is 0 Å². The van der Waals surface area contributed by atoms with Gasteiger partial charge < -0.3 is 9.59 Å². The quantitative estimate of drug-likeness (QED) is 0.620. The van der Waals surface area contributed by atoms with Crippen molar-refractivity contribution >= 4 is 11.6 Å². The summed E-state index contributed by atoms with van der Waals surface area (Å²) in [5, 5.41) is 7.32. The maximum atomic E-state index is 10.2. The van der Waals surface area contributed by atoms with Crippen LogP contribution in [0.1, 0.15) is 33.6 Å². The molecule has 0 amide bonds. The molecule has 0 aliphatic rings. The van der Waals surface area contributed by atoms with Crippen molar-refractivity contribution in [3.63, 3.8) is 0 Å². The van der Waals surface area contributed by atoms with Gasteiger partial charge >= 0.3 is 0 Å². The van der Waals surface area contributed by atoms with Gasteiger partial charge in [0.1, 0.15) is 11.6 Å². The number of rotatable bonds is 3. The van der Waals surface area contributed by atoms with Crippen LogP contribution in [-0.2, 0) is 9.59 Å². The van der Waals surface area contributed by atoms with Crippen LogP contribution in [0.4, 0.5) is 0 Å². The summed E-state index contributed by atoms with van der Waals surface area (Å²) in [6.07, 6.45) is 0.796. The molecule has 0 aromatic carbocycles. The van der Waals surface area contributed by atoms with Crippen LogP contribution in [0.3, 0.4) is 0 Å². The van der Waals surface area contributed by atoms with Crippen molar-refractivity contribution in [1.82, 2.24) is 0 Å². The van der Waals surface area contributed by atoms with E-state index in [1.165, 1.54) is 20.8 Å². The molecule has 0 heterocycles. The molecule has 0 aromatic rings. The van der Waals surface area contributed by atoms with Crippen LogP contribution in [0.5, 0.6) is 0 Å². The lowest BCUT2D eigenvalue weighted by Gasteiger charge is -1.86. The fraction of sp³-hybridized carbons (Fsp3) is 0.625. The predicted octanol–water partition coefficient (Wildman–Crippen LogP) is 1.47. The lowest BCUT2D eigenvalue weighted by molar-refractivity contribution is -0.122. The van der Waals surface area contributed by atoms with E-state index in [9.17, 15) is 9.59 Å². The summed E-state index contributed by atoms with van der Waals surface area (Å²) in [6.45, 7) is 4.41. The Morgan fingerprint density at radius 1 is 1.18 bits per heavy atom. The highest BCUT2D eigenvalue weighted by Crippen LogP contribution is 1.89. The molecule has 0 aromatic heterocycles. The van der Waals surface area contributed by atoms with Crippen LogP contribution in [0.2, 0.25) is 0 Å². The zero-order chi connectivity index (χ0) is 9.28. The molecular weight excluding hydrogens is 142 g/mol. The van der Waals surface area contributed by atoms with Gasteiger partial charge in [0.25, 0.3) is 0 Å². The van der Waals surface area contributed by atoms with Gasteiger partial charge in [0, 0.05) is 19.8 Å². The van der Waals surface area contributed by atoms with Crippen LogP contribution in [0.25, 0.3) is 0 Å². The van der Waals surface area contributed by atoms with Crippen LogP contribution >= 0.6 is 0 Å². The molecule has 0 unspecified atom stereocenters. The van der Waals surface area contributed by atoms with Crippen LogP contribution in [-0.4, -0.2) is 11.6 Å². The molecule has 0 spiro atoms. The van der Waals surface area contributed by atoms with Gasteiger partial charge in [-0.05, 0) is 13.8 Å². The molecule has 0 aliphatic heterocycles. The third-order valence-electron chi connectivity index (χ3n) is 0.829. The van der Waals surface area contributed by atoms with Gasteiger partial charge in [-0.2, -0.15) is 5.26 Å². The molecule has 0 fully saturated rings. The molecule has 11 heavy (non-hydrogen) atoms. The third-order valence-corrected chi connectivity index (χ3v) is 0.829. The summed E-state index contributed by atoms with van der Waals surface area (Å²) >= 11 is 0. The first-order valence-electron chi connectivity index (χ1n) is 3.34. The maximum absolute atomic E-state index is 10.2. The number of carbonyl (C=O) groups is 2. The molecule has 0 saturated carbocycles. The van der Waals surface area contributed by atoms with Gasteiger partial charge in [-0.1, -0.05) is 0 Å². The third kappa shape index (κ3) is 28.1. The normalized spacial score (nSPS) is 7.09. The minimum atomic E-state index is 0.0835. The van der Waals surface area contributed by atoms with Gasteiger partial charge in [0.05, 0.1) is 6.07 Å². The maximum Gasteiger partial charge on any atom is 0.130 e. The van der Waals surface area contributed by atoms with Gasteiger partial charge in [-0.25, -0.2) is 0 Å². The molecule has 0 saturated heterocycles. The van der Waals surface area contributed by atoms with Gasteiger partial charge in [-0.3, -0.25) is 0 Å². The smallest absolute Gasteiger partial charge is 0.130 e. The Balaban J connectivity index is 0. The second-order valence-electron chi connectivity index (χ2n) is 2.13. The SMILES string of the molecule is CC#N.CC(=O)CCC(C)=O. The summed E-state index contributed by atoms with van der Waals surface area (Å²) in [5.41, 5.74) is 0. The number of nitriles is 1. The van der Waals surface area contributed by atoms with Gasteiger partial charge in [0.15, 0.2) is 0 Å². The van der Waals surface area contributed by atoms with E-state index in [4.69, 9.17) is 5.26 Å². The van der Waals surface area contributed by atoms with E-state index in [2.05, 4.69) is 0 Å². The molecular formula is C8H13NO2. The molecule has 3 nitrogen and oxygen atoms in total. The number of hydrogen-bond donors (Lipinski definition) is 0. The second kappa shape index (κ2) is 8.83. The molecule has 0 aliphatic carbocycles. The lowest BCUT2D eigenvalue weighted by atomic mass is 10.2. The molecule has 0 N–H and O–H groups in total. The van der Waals surface area contributed by atoms with Crippen molar-refractivity contribution in [3.8, 4) is 6.07 Å². The zero-order valence-corrected chi connectivity index (χ0v) is 7.18. The monoisotopic (exact) mass is 155 g/mol. The van der Waals surface area contributed by atoms with Crippen LogP contribution in [0, 0.1) is 11.3 Å². The van der Waals surface area contributed by atoms with Crippen molar-refractivity contribution < 1.29 is 9.59 Å². The first kappa shape index (κ1) is 12.5. The predicted molar refractivity (Wildman–Crippen MR) is 41.9 cm³/mol. The van der Waals surface area contributed by atoms with E-state index in [1.807, 2.05) is 0 Å². The minimum Gasteiger partial charge on any atom is -0.300 e. The summed E-state index contributed by atoms with van der Waals surface area (Å²) in [4.78, 5) is 20.4. The molecule has 0 radical (unpaired) electrons. The summed E-state index contributed by atoms with van der Waals surface area (Å²) < 4.78 is 0. The van der Waals surface area contributed by atoms with E-state index in [-0.39, 0.29) is 11.6 Å². The fourth-order valence-corrected chi connectivity index (χ4v) is 0.352. The molecule has 62 valence electrons. The summed E-state index contributed by atoms with van der Waals surface area (Å²) in [6, 6.07) is 1.75. The first-order chi connectivity index (χ1) is 5.04. The Hall–Kier alpha value is -1.17. The zero-order valence-electron chi connectivity index (χ0n) is 7.18. The first-order valence-corrected chi connectivity index (χ1v) is 3.34. The van der Waals surface area contributed by atoms with E-state index >= 15 is 0 Å². The highest BCUT2D eigenvalue weighted by molar-refractivity contribution is 5.83. The largest absolute Gasteiger partial charge is 0.300 e. The number of carbonyl (C=O) groups excluding carboxylic acids is 2. The van der Waals surface area contributed by atoms with E-state index in [0.29, 0.717) is 12.8 Å². The van der Waals surface area contributed by atoms with Crippen molar-refractivity contribution in [3.05, 3.63) is 0 Å². The average Bonchev–Trinajstić information content (AvgIpc) is 1.85. The molecule has 0 rings (SSSR count). The number of nitrogens with zero attached hydrogens (tertiary/aromatic N) is 1. The number of hydrogen-bond acceptors (Lipinski definition) is 3. The standard InChI is InChI=1S/C6H10O2.C2H3N/c1-5(7)3-4-6(2)8;1-2-3/h3-4H2,1-2H3;1H3. The van der Waals surface area contributed by atoms with E-state index in [0.717, 1.165) is 0 Å². The lowest BCUT2D eigenvalue weighted by Crippen LogP contribution is -1.95. The van der Waals surface area contributed by atoms with Crippen LogP contribution < -0.4 is 0 Å². The van der Waals surface area contributed by atoms with Crippen molar-refractivity contribution in [2.45, 2.75) is 33.6 Å². The summed E-state index contributed by atoms with van der Waals surface area (Å²) in [5.74, 6) is 0.167. The Labute approximate surface area is 67.0 Å².